The van der Waals surface area contributed by atoms with Crippen LogP contribution in [0.1, 0.15) is 45.6 Å². The molecule has 0 radical (unpaired) electrons. The molecule has 0 bridgehead atoms. The van der Waals surface area contributed by atoms with Crippen LogP contribution >= 0.6 is 0 Å². The van der Waals surface area contributed by atoms with Gasteiger partial charge in [0.1, 0.15) is 12.4 Å². The maximum absolute atomic E-state index is 5.94. The van der Waals surface area contributed by atoms with E-state index >= 15 is 0 Å². The Morgan fingerprint density at radius 3 is 2.38 bits per heavy atom. The first-order valence-electron chi connectivity index (χ1n) is 10.7. The molecule has 0 atom stereocenters. The van der Waals surface area contributed by atoms with E-state index in [2.05, 4.69) is 48.1 Å². The molecule has 1 aromatic carbocycles. The van der Waals surface area contributed by atoms with Crippen molar-refractivity contribution in [3.8, 4) is 5.75 Å². The number of hydrogen-bond acceptors (Lipinski definition) is 4. The second-order valence-electron chi connectivity index (χ2n) is 8.50. The molecular formula is C23H39N3O3. The van der Waals surface area contributed by atoms with E-state index in [1.54, 1.807) is 7.11 Å². The van der Waals surface area contributed by atoms with Crippen molar-refractivity contribution in [1.82, 2.24) is 10.2 Å². The van der Waals surface area contributed by atoms with E-state index in [9.17, 15) is 0 Å². The summed E-state index contributed by atoms with van der Waals surface area (Å²) in [6.45, 7) is 11.4. The minimum atomic E-state index is 0.162. The number of benzene rings is 1. The van der Waals surface area contributed by atoms with Crippen LogP contribution in [-0.2, 0) is 14.9 Å². The Kier molecular flexibility index (Phi) is 9.74. The van der Waals surface area contributed by atoms with Crippen LogP contribution in [0.5, 0.6) is 5.75 Å². The Labute approximate surface area is 176 Å². The summed E-state index contributed by atoms with van der Waals surface area (Å²) < 4.78 is 16.9. The highest BCUT2D eigenvalue weighted by atomic mass is 16.5. The zero-order valence-corrected chi connectivity index (χ0v) is 18.9. The van der Waals surface area contributed by atoms with Crippen LogP contribution < -0.4 is 10.1 Å². The molecule has 1 saturated heterocycles. The number of nitrogens with zero attached hydrogens (tertiary/aromatic N) is 2. The lowest BCUT2D eigenvalue weighted by atomic mass is 9.87. The zero-order valence-electron chi connectivity index (χ0n) is 18.9. The number of hydrogen-bond donors (Lipinski definition) is 1. The van der Waals surface area contributed by atoms with E-state index in [1.807, 2.05) is 19.2 Å². The van der Waals surface area contributed by atoms with Gasteiger partial charge in [0.05, 0.1) is 12.6 Å². The fourth-order valence-electron chi connectivity index (χ4n) is 3.40. The van der Waals surface area contributed by atoms with Crippen LogP contribution in [0.4, 0.5) is 0 Å². The normalized spacial score (nSPS) is 16.2. The molecule has 1 fully saturated rings. The molecule has 0 saturated carbocycles. The van der Waals surface area contributed by atoms with Gasteiger partial charge in [-0.3, -0.25) is 4.99 Å². The van der Waals surface area contributed by atoms with Crippen LogP contribution in [0, 0.1) is 0 Å². The first-order valence-corrected chi connectivity index (χ1v) is 10.7. The van der Waals surface area contributed by atoms with Crippen LogP contribution in [0.15, 0.2) is 29.3 Å². The predicted octanol–water partition coefficient (Wildman–Crippen LogP) is 3.46. The van der Waals surface area contributed by atoms with Gasteiger partial charge in [0.2, 0.25) is 0 Å². The molecule has 6 heteroatoms. The lowest BCUT2D eigenvalue weighted by Gasteiger charge is -2.34. The van der Waals surface area contributed by atoms with Crippen molar-refractivity contribution < 1.29 is 14.2 Å². The Hall–Kier alpha value is -1.79. The average molecular weight is 406 g/mol. The number of nitrogens with one attached hydrogen (secondary N) is 1. The van der Waals surface area contributed by atoms with E-state index in [0.29, 0.717) is 12.7 Å². The molecule has 1 N–H and O–H groups in total. The predicted molar refractivity (Wildman–Crippen MR) is 119 cm³/mol. The van der Waals surface area contributed by atoms with E-state index in [1.165, 1.54) is 5.56 Å². The van der Waals surface area contributed by atoms with Crippen molar-refractivity contribution in [1.29, 1.82) is 0 Å². The largest absolute Gasteiger partial charge is 0.492 e. The average Bonchev–Trinajstić information content (AvgIpc) is 2.72. The van der Waals surface area contributed by atoms with Gasteiger partial charge in [-0.25, -0.2) is 0 Å². The first-order chi connectivity index (χ1) is 13.9. The highest BCUT2D eigenvalue weighted by molar-refractivity contribution is 5.79. The van der Waals surface area contributed by atoms with Gasteiger partial charge in [0.25, 0.3) is 0 Å². The van der Waals surface area contributed by atoms with Crippen LogP contribution in [0.3, 0.4) is 0 Å². The molecule has 0 aromatic heterocycles. The van der Waals surface area contributed by atoms with Gasteiger partial charge in [0.15, 0.2) is 5.96 Å². The molecule has 0 spiro atoms. The first kappa shape index (κ1) is 23.5. The molecule has 0 amide bonds. The smallest absolute Gasteiger partial charge is 0.193 e. The standard InChI is InChI=1S/C23H39N3O3/c1-23(2,3)19-7-9-20(10-8-19)29-18-13-25-22(24-4)26-14-11-21(12-15-26)28-17-6-16-27-5/h7-10,21H,6,11-18H2,1-5H3,(H,24,25). The third-order valence-corrected chi connectivity index (χ3v) is 5.17. The molecule has 1 aliphatic rings. The van der Waals surface area contributed by atoms with E-state index < -0.39 is 0 Å². The quantitative estimate of drug-likeness (QED) is 0.387. The van der Waals surface area contributed by atoms with Crippen molar-refractivity contribution in [2.45, 2.75) is 51.6 Å². The molecule has 0 unspecified atom stereocenters. The van der Waals surface area contributed by atoms with Crippen molar-refractivity contribution in [2.24, 2.45) is 4.99 Å². The summed E-state index contributed by atoms with van der Waals surface area (Å²) >= 11 is 0. The number of aliphatic imine (C=N–C) groups is 1. The number of rotatable bonds is 9. The summed E-state index contributed by atoms with van der Waals surface area (Å²) in [4.78, 5) is 6.72. The molecule has 1 aromatic rings. The van der Waals surface area contributed by atoms with Crippen molar-refractivity contribution in [3.63, 3.8) is 0 Å². The molecule has 6 nitrogen and oxygen atoms in total. The van der Waals surface area contributed by atoms with Crippen LogP contribution in [0.2, 0.25) is 0 Å². The maximum Gasteiger partial charge on any atom is 0.193 e. The van der Waals surface area contributed by atoms with Gasteiger partial charge in [0, 0.05) is 40.5 Å². The monoisotopic (exact) mass is 405 g/mol. The second-order valence-corrected chi connectivity index (χ2v) is 8.50. The van der Waals surface area contributed by atoms with E-state index in [4.69, 9.17) is 14.2 Å². The van der Waals surface area contributed by atoms with Gasteiger partial charge < -0.3 is 24.4 Å². The van der Waals surface area contributed by atoms with Gasteiger partial charge >= 0.3 is 0 Å². The lowest BCUT2D eigenvalue weighted by Crippen LogP contribution is -2.47. The molecule has 2 rings (SSSR count). The fourth-order valence-corrected chi connectivity index (χ4v) is 3.40. The maximum atomic E-state index is 5.94. The molecular weight excluding hydrogens is 366 g/mol. The Balaban J connectivity index is 1.65. The summed E-state index contributed by atoms with van der Waals surface area (Å²) in [7, 11) is 3.56. The van der Waals surface area contributed by atoms with E-state index in [0.717, 1.165) is 63.8 Å². The summed E-state index contributed by atoms with van der Waals surface area (Å²) in [6, 6.07) is 8.38. The zero-order chi connectivity index (χ0) is 21.1. The fraction of sp³-hybridized carbons (Fsp3) is 0.696. The number of methoxy groups -OCH3 is 1. The van der Waals surface area contributed by atoms with Crippen molar-refractivity contribution in [2.75, 3.05) is 53.6 Å². The Morgan fingerprint density at radius 1 is 1.10 bits per heavy atom. The van der Waals surface area contributed by atoms with Crippen molar-refractivity contribution in [3.05, 3.63) is 29.8 Å². The van der Waals surface area contributed by atoms with Gasteiger partial charge in [-0.2, -0.15) is 0 Å². The van der Waals surface area contributed by atoms with Gasteiger partial charge in [-0.15, -0.1) is 0 Å². The summed E-state index contributed by atoms with van der Waals surface area (Å²) in [5.41, 5.74) is 1.48. The van der Waals surface area contributed by atoms with Gasteiger partial charge in [-0.1, -0.05) is 32.9 Å². The number of piperidine rings is 1. The lowest BCUT2D eigenvalue weighted by molar-refractivity contribution is 0.00989. The Bertz CT molecular complexity index is 603. The molecule has 1 heterocycles. The molecule has 0 aliphatic carbocycles. The molecule has 164 valence electrons. The van der Waals surface area contributed by atoms with Crippen LogP contribution in [0.25, 0.3) is 0 Å². The number of guanidine groups is 1. The highest BCUT2D eigenvalue weighted by Crippen LogP contribution is 2.24. The summed E-state index contributed by atoms with van der Waals surface area (Å²) in [5, 5.41) is 3.41. The van der Waals surface area contributed by atoms with Crippen molar-refractivity contribution >= 4 is 5.96 Å². The third-order valence-electron chi connectivity index (χ3n) is 5.17. The second kappa shape index (κ2) is 12.0. The number of ether oxygens (including phenoxy) is 3. The number of likely N-dealkylation sites (tertiary alicyclic amines) is 1. The summed E-state index contributed by atoms with van der Waals surface area (Å²) in [5.74, 6) is 1.84. The minimum Gasteiger partial charge on any atom is -0.492 e. The van der Waals surface area contributed by atoms with Crippen LogP contribution in [-0.4, -0.2) is 70.6 Å². The molecule has 1 aliphatic heterocycles. The molecule has 29 heavy (non-hydrogen) atoms. The third kappa shape index (κ3) is 8.23. The Morgan fingerprint density at radius 2 is 1.79 bits per heavy atom. The SMILES string of the molecule is CN=C(NCCOc1ccc(C(C)(C)C)cc1)N1CCC(OCCCOC)CC1. The van der Waals surface area contributed by atoms with E-state index in [-0.39, 0.29) is 5.41 Å². The summed E-state index contributed by atoms with van der Waals surface area (Å²) in [6.07, 6.45) is 3.37. The topological polar surface area (TPSA) is 55.3 Å². The van der Waals surface area contributed by atoms with Gasteiger partial charge in [-0.05, 0) is 42.4 Å². The minimum absolute atomic E-state index is 0.162. The highest BCUT2D eigenvalue weighted by Gasteiger charge is 2.21.